The number of aromatic nitrogens is 1. The van der Waals surface area contributed by atoms with Gasteiger partial charge in [-0.2, -0.15) is 0 Å². The van der Waals surface area contributed by atoms with Crippen LogP contribution in [0.3, 0.4) is 0 Å². The van der Waals surface area contributed by atoms with Crippen molar-refractivity contribution >= 4 is 34.9 Å². The molecule has 31 heavy (non-hydrogen) atoms. The van der Waals surface area contributed by atoms with Crippen LogP contribution >= 0.6 is 11.6 Å². The lowest BCUT2D eigenvalue weighted by molar-refractivity contribution is -0.132. The number of aryl methyl sites for hydroxylation is 1. The van der Waals surface area contributed by atoms with Crippen molar-refractivity contribution in [2.24, 2.45) is 0 Å². The number of aliphatic hydroxyl groups is 1. The molecule has 7 nitrogen and oxygen atoms in total. The van der Waals surface area contributed by atoms with Crippen LogP contribution in [0.15, 0.2) is 64.7 Å². The van der Waals surface area contributed by atoms with Crippen LogP contribution in [0, 0.1) is 6.92 Å². The standard InChI is InChI=1S/C23H19ClN2O5/c1-3-30-17-10-6-14(7-11-17)20-19(21(27)15-4-8-16(24)9-5-15)22(28)23(29)26(20)18-12-13(2)31-25-18/h4-12,20,27H,3H2,1-2H3/b21-19+. The number of aliphatic hydroxyl groups excluding tert-OH is 1. The number of ether oxygens (including phenoxy) is 1. The van der Waals surface area contributed by atoms with Gasteiger partial charge in [0.2, 0.25) is 0 Å². The maximum atomic E-state index is 13.0. The van der Waals surface area contributed by atoms with Crippen LogP contribution in [0.2, 0.25) is 5.02 Å². The molecule has 2 heterocycles. The maximum Gasteiger partial charge on any atom is 0.301 e. The summed E-state index contributed by atoms with van der Waals surface area (Å²) in [5.74, 6) is -0.585. The Morgan fingerprint density at radius 3 is 2.42 bits per heavy atom. The first kappa shape index (κ1) is 20.7. The minimum atomic E-state index is -0.893. The van der Waals surface area contributed by atoms with Gasteiger partial charge in [0.25, 0.3) is 5.78 Å². The minimum absolute atomic E-state index is 0.0443. The smallest absolute Gasteiger partial charge is 0.301 e. The minimum Gasteiger partial charge on any atom is -0.507 e. The molecule has 1 aliphatic rings. The number of ketones is 1. The molecular weight excluding hydrogens is 420 g/mol. The van der Waals surface area contributed by atoms with Crippen LogP contribution in [-0.4, -0.2) is 28.6 Å². The molecule has 1 N–H and O–H groups in total. The van der Waals surface area contributed by atoms with Gasteiger partial charge in [-0.05, 0) is 55.8 Å². The van der Waals surface area contributed by atoms with Gasteiger partial charge in [0.15, 0.2) is 5.82 Å². The van der Waals surface area contributed by atoms with E-state index in [0.717, 1.165) is 0 Å². The monoisotopic (exact) mass is 438 g/mol. The fourth-order valence-electron chi connectivity index (χ4n) is 3.53. The predicted octanol–water partition coefficient (Wildman–Crippen LogP) is 4.66. The predicted molar refractivity (Wildman–Crippen MR) is 115 cm³/mol. The number of Topliss-reactive ketones (excluding diaryl/α,β-unsaturated/α-hetero) is 1. The lowest BCUT2D eigenvalue weighted by Crippen LogP contribution is -2.29. The van der Waals surface area contributed by atoms with Crippen LogP contribution in [-0.2, 0) is 9.59 Å². The largest absolute Gasteiger partial charge is 0.507 e. The molecule has 4 rings (SSSR count). The third-order valence-electron chi connectivity index (χ3n) is 4.93. The van der Waals surface area contributed by atoms with Gasteiger partial charge in [0.05, 0.1) is 18.2 Å². The van der Waals surface area contributed by atoms with Crippen LogP contribution in [0.4, 0.5) is 5.82 Å². The van der Waals surface area contributed by atoms with Crippen LogP contribution in [0.25, 0.3) is 5.76 Å². The molecule has 1 aliphatic heterocycles. The summed E-state index contributed by atoms with van der Waals surface area (Å²) >= 11 is 5.94. The summed E-state index contributed by atoms with van der Waals surface area (Å²) < 4.78 is 10.6. The zero-order chi connectivity index (χ0) is 22.1. The number of benzene rings is 2. The van der Waals surface area contributed by atoms with E-state index in [-0.39, 0.29) is 17.2 Å². The molecule has 0 aliphatic carbocycles. The Bertz CT molecular complexity index is 1170. The molecule has 3 aromatic rings. The van der Waals surface area contributed by atoms with Gasteiger partial charge in [0, 0.05) is 16.7 Å². The van der Waals surface area contributed by atoms with E-state index in [9.17, 15) is 14.7 Å². The highest BCUT2D eigenvalue weighted by Crippen LogP contribution is 2.42. The highest BCUT2D eigenvalue weighted by Gasteiger charge is 2.48. The van der Waals surface area contributed by atoms with Gasteiger partial charge in [-0.15, -0.1) is 0 Å². The second-order valence-electron chi connectivity index (χ2n) is 6.97. The van der Waals surface area contributed by atoms with Crippen LogP contribution < -0.4 is 9.64 Å². The lowest BCUT2D eigenvalue weighted by Gasteiger charge is -2.23. The molecule has 1 aromatic heterocycles. The molecule has 0 radical (unpaired) electrons. The quantitative estimate of drug-likeness (QED) is 0.354. The van der Waals surface area contributed by atoms with E-state index < -0.39 is 17.7 Å². The molecule has 0 spiro atoms. The van der Waals surface area contributed by atoms with Gasteiger partial charge in [-0.3, -0.25) is 14.5 Å². The molecule has 1 amide bonds. The summed E-state index contributed by atoms with van der Waals surface area (Å²) in [6, 6.07) is 14.0. The summed E-state index contributed by atoms with van der Waals surface area (Å²) in [5.41, 5.74) is 0.936. The summed E-state index contributed by atoms with van der Waals surface area (Å²) in [4.78, 5) is 27.2. The number of carbonyl (C=O) groups is 2. The third kappa shape index (κ3) is 3.80. The van der Waals surface area contributed by atoms with E-state index in [1.165, 1.54) is 4.90 Å². The summed E-state index contributed by atoms with van der Waals surface area (Å²) in [6.07, 6.45) is 0. The molecule has 0 bridgehead atoms. The number of amides is 1. The van der Waals surface area contributed by atoms with E-state index in [2.05, 4.69) is 5.16 Å². The Labute approximate surface area is 183 Å². The lowest BCUT2D eigenvalue weighted by atomic mass is 9.95. The van der Waals surface area contributed by atoms with E-state index >= 15 is 0 Å². The fraction of sp³-hybridized carbons (Fsp3) is 0.174. The van der Waals surface area contributed by atoms with Crippen molar-refractivity contribution in [1.82, 2.24) is 5.16 Å². The second-order valence-corrected chi connectivity index (χ2v) is 7.41. The second kappa shape index (κ2) is 8.28. The normalized spacial score (nSPS) is 17.9. The number of rotatable bonds is 5. The first-order valence-electron chi connectivity index (χ1n) is 9.63. The summed E-state index contributed by atoms with van der Waals surface area (Å²) in [5, 5.41) is 15.4. The van der Waals surface area contributed by atoms with E-state index in [4.69, 9.17) is 20.9 Å². The number of hydrogen-bond acceptors (Lipinski definition) is 6. The Kier molecular flexibility index (Phi) is 5.52. The van der Waals surface area contributed by atoms with Gasteiger partial charge in [-0.25, -0.2) is 0 Å². The third-order valence-corrected chi connectivity index (χ3v) is 5.18. The fourth-order valence-corrected chi connectivity index (χ4v) is 3.65. The number of anilines is 1. The topological polar surface area (TPSA) is 92.9 Å². The number of carbonyl (C=O) groups excluding carboxylic acids is 2. The van der Waals surface area contributed by atoms with Crippen molar-refractivity contribution in [2.75, 3.05) is 11.5 Å². The highest BCUT2D eigenvalue weighted by atomic mass is 35.5. The zero-order valence-electron chi connectivity index (χ0n) is 16.8. The molecular formula is C23H19ClN2O5. The Morgan fingerprint density at radius 2 is 1.84 bits per heavy atom. The van der Waals surface area contributed by atoms with Crippen LogP contribution in [0.5, 0.6) is 5.75 Å². The summed E-state index contributed by atoms with van der Waals surface area (Å²) in [6.45, 7) is 4.07. The average Bonchev–Trinajstić information content (AvgIpc) is 3.30. The molecule has 1 fully saturated rings. The van der Waals surface area contributed by atoms with Crippen LogP contribution in [0.1, 0.15) is 29.9 Å². The van der Waals surface area contributed by atoms with E-state index in [1.54, 1.807) is 61.5 Å². The Hall–Kier alpha value is -3.58. The molecule has 1 saturated heterocycles. The van der Waals surface area contributed by atoms with E-state index in [0.29, 0.717) is 34.3 Å². The van der Waals surface area contributed by atoms with Crippen molar-refractivity contribution < 1.29 is 24.0 Å². The molecule has 158 valence electrons. The van der Waals surface area contributed by atoms with Crippen molar-refractivity contribution in [2.45, 2.75) is 19.9 Å². The highest BCUT2D eigenvalue weighted by molar-refractivity contribution is 6.51. The van der Waals surface area contributed by atoms with Crippen molar-refractivity contribution in [1.29, 1.82) is 0 Å². The van der Waals surface area contributed by atoms with Crippen molar-refractivity contribution in [3.05, 3.63) is 82.1 Å². The van der Waals surface area contributed by atoms with Crippen molar-refractivity contribution in [3.8, 4) is 5.75 Å². The number of halogens is 1. The van der Waals surface area contributed by atoms with Gasteiger partial charge < -0.3 is 14.4 Å². The van der Waals surface area contributed by atoms with Gasteiger partial charge >= 0.3 is 5.91 Å². The Morgan fingerprint density at radius 1 is 1.16 bits per heavy atom. The molecule has 8 heteroatoms. The molecule has 1 atom stereocenters. The van der Waals surface area contributed by atoms with E-state index in [1.807, 2.05) is 6.92 Å². The Balaban J connectivity index is 1.89. The average molecular weight is 439 g/mol. The van der Waals surface area contributed by atoms with Gasteiger partial charge in [0.1, 0.15) is 17.3 Å². The van der Waals surface area contributed by atoms with Gasteiger partial charge in [-0.1, -0.05) is 28.9 Å². The van der Waals surface area contributed by atoms with Crippen molar-refractivity contribution in [3.63, 3.8) is 0 Å². The number of nitrogens with zero attached hydrogens (tertiary/aromatic N) is 2. The SMILES string of the molecule is CCOc1ccc(C2/C(=C(\O)c3ccc(Cl)cc3)C(=O)C(=O)N2c2cc(C)on2)cc1. The zero-order valence-corrected chi connectivity index (χ0v) is 17.6. The molecule has 2 aromatic carbocycles. The molecule has 1 unspecified atom stereocenters. The summed E-state index contributed by atoms with van der Waals surface area (Å²) in [7, 11) is 0. The number of hydrogen-bond donors (Lipinski definition) is 1. The molecule has 0 saturated carbocycles. The maximum absolute atomic E-state index is 13.0. The first-order valence-corrected chi connectivity index (χ1v) is 10.0. The first-order chi connectivity index (χ1) is 14.9.